The number of thiophene rings is 1. The van der Waals surface area contributed by atoms with Crippen LogP contribution in [0.15, 0.2) is 57.7 Å². The molecule has 8 heteroatoms. The van der Waals surface area contributed by atoms with Crippen LogP contribution in [0.2, 0.25) is 5.02 Å². The number of anilines is 1. The highest BCUT2D eigenvalue weighted by atomic mass is 35.5. The number of nitrogens with one attached hydrogen (secondary N) is 1. The average Bonchev–Trinajstić information content (AvgIpc) is 3.08. The van der Waals surface area contributed by atoms with Gasteiger partial charge in [0.1, 0.15) is 16.7 Å². The molecule has 0 saturated carbocycles. The predicted octanol–water partition coefficient (Wildman–Crippen LogP) is 6.07. The van der Waals surface area contributed by atoms with Gasteiger partial charge in [-0.05, 0) is 62.7 Å². The van der Waals surface area contributed by atoms with Gasteiger partial charge in [-0.15, -0.1) is 11.3 Å². The lowest BCUT2D eigenvalue weighted by atomic mass is 10.1. The van der Waals surface area contributed by atoms with Crippen LogP contribution in [0, 0.1) is 25.2 Å². The number of benzene rings is 2. The van der Waals surface area contributed by atoms with Crippen LogP contribution in [0.25, 0.3) is 22.3 Å². The zero-order valence-corrected chi connectivity index (χ0v) is 19.6. The van der Waals surface area contributed by atoms with E-state index in [0.717, 1.165) is 10.4 Å². The first-order valence-corrected chi connectivity index (χ1v) is 11.3. The first-order valence-electron chi connectivity index (χ1n) is 10.1. The second-order valence-corrected chi connectivity index (χ2v) is 9.10. The normalized spacial score (nSPS) is 11.7. The molecule has 1 atom stereocenters. The second-order valence-electron chi connectivity index (χ2n) is 7.44. The second kappa shape index (κ2) is 9.10. The van der Waals surface area contributed by atoms with Gasteiger partial charge in [-0.2, -0.15) is 5.26 Å². The van der Waals surface area contributed by atoms with Gasteiger partial charge in [0.25, 0.3) is 5.91 Å². The molecule has 2 aromatic heterocycles. The van der Waals surface area contributed by atoms with E-state index in [1.807, 2.05) is 13.8 Å². The van der Waals surface area contributed by atoms with Gasteiger partial charge < -0.3 is 14.5 Å². The Morgan fingerprint density at radius 1 is 1.18 bits per heavy atom. The fourth-order valence-electron chi connectivity index (χ4n) is 3.32. The zero-order valence-electron chi connectivity index (χ0n) is 18.1. The van der Waals surface area contributed by atoms with E-state index in [2.05, 4.69) is 11.4 Å². The van der Waals surface area contributed by atoms with Crippen molar-refractivity contribution in [3.63, 3.8) is 0 Å². The van der Waals surface area contributed by atoms with Crippen LogP contribution in [0.1, 0.15) is 22.9 Å². The molecule has 1 amide bonds. The Balaban J connectivity index is 1.72. The molecule has 0 radical (unpaired) electrons. The number of amides is 1. The highest BCUT2D eigenvalue weighted by Crippen LogP contribution is 2.34. The van der Waals surface area contributed by atoms with Crippen molar-refractivity contribution in [2.24, 2.45) is 0 Å². The predicted molar refractivity (Wildman–Crippen MR) is 130 cm³/mol. The minimum Gasteiger partial charge on any atom is -0.473 e. The Morgan fingerprint density at radius 2 is 1.88 bits per heavy atom. The molecule has 6 nitrogen and oxygen atoms in total. The largest absolute Gasteiger partial charge is 0.473 e. The molecule has 4 rings (SSSR count). The molecule has 33 heavy (non-hydrogen) atoms. The maximum absolute atomic E-state index is 13.3. The molecular weight excluding hydrogens is 460 g/mol. The fourth-order valence-corrected chi connectivity index (χ4v) is 4.46. The van der Waals surface area contributed by atoms with E-state index in [0.29, 0.717) is 32.1 Å². The number of para-hydroxylation sites is 1. The highest BCUT2D eigenvalue weighted by molar-refractivity contribution is 7.16. The summed E-state index contributed by atoms with van der Waals surface area (Å²) in [5.74, 6) is -0.351. The van der Waals surface area contributed by atoms with E-state index in [1.165, 1.54) is 18.3 Å². The molecule has 166 valence electrons. The smallest absolute Gasteiger partial charge is 0.265 e. The lowest BCUT2D eigenvalue weighted by Crippen LogP contribution is -2.31. The van der Waals surface area contributed by atoms with Crippen molar-refractivity contribution in [3.8, 4) is 23.1 Å². The van der Waals surface area contributed by atoms with Crippen molar-refractivity contribution in [1.29, 1.82) is 5.26 Å². The summed E-state index contributed by atoms with van der Waals surface area (Å²) in [5, 5.41) is 13.5. The number of nitrogens with zero attached hydrogens (tertiary/aromatic N) is 1. The molecule has 4 aromatic rings. The number of carbonyl (C=O) groups excluding carboxylic acids is 1. The number of hydrogen-bond acceptors (Lipinski definition) is 6. The quantitative estimate of drug-likeness (QED) is 0.376. The molecule has 0 aliphatic heterocycles. The van der Waals surface area contributed by atoms with E-state index >= 15 is 0 Å². The van der Waals surface area contributed by atoms with Crippen LogP contribution >= 0.6 is 22.9 Å². The van der Waals surface area contributed by atoms with Crippen molar-refractivity contribution in [1.82, 2.24) is 0 Å². The van der Waals surface area contributed by atoms with Gasteiger partial charge in [-0.25, -0.2) is 0 Å². The molecule has 0 spiro atoms. The van der Waals surface area contributed by atoms with Crippen molar-refractivity contribution < 1.29 is 13.9 Å². The molecule has 0 fully saturated rings. The first-order chi connectivity index (χ1) is 15.8. The molecule has 0 aliphatic rings. The van der Waals surface area contributed by atoms with E-state index in [4.69, 9.17) is 20.8 Å². The van der Waals surface area contributed by atoms with Crippen LogP contribution in [-0.2, 0) is 4.79 Å². The van der Waals surface area contributed by atoms with Crippen molar-refractivity contribution in [2.75, 3.05) is 5.32 Å². The molecule has 2 heterocycles. The van der Waals surface area contributed by atoms with Gasteiger partial charge >= 0.3 is 0 Å². The number of ether oxygens (including phenoxy) is 1. The summed E-state index contributed by atoms with van der Waals surface area (Å²) in [6, 6.07) is 15.7. The topological polar surface area (TPSA) is 92.3 Å². The van der Waals surface area contributed by atoms with Crippen LogP contribution in [0.3, 0.4) is 0 Å². The maximum atomic E-state index is 13.3. The van der Waals surface area contributed by atoms with Crippen LogP contribution in [0.4, 0.5) is 5.00 Å². The van der Waals surface area contributed by atoms with Gasteiger partial charge in [0, 0.05) is 15.5 Å². The number of hydrogen-bond donors (Lipinski definition) is 1. The Kier molecular flexibility index (Phi) is 6.23. The number of carbonyl (C=O) groups is 1. The van der Waals surface area contributed by atoms with Gasteiger partial charge in [0.15, 0.2) is 11.9 Å². The molecular formula is C25H19ClN2O4S. The van der Waals surface area contributed by atoms with Crippen molar-refractivity contribution in [3.05, 3.63) is 79.8 Å². The number of rotatable bonds is 5. The van der Waals surface area contributed by atoms with E-state index < -0.39 is 12.0 Å². The monoisotopic (exact) mass is 478 g/mol. The summed E-state index contributed by atoms with van der Waals surface area (Å²) in [6.07, 6.45) is -1.03. The fraction of sp³-hybridized carbons (Fsp3) is 0.160. The lowest BCUT2D eigenvalue weighted by molar-refractivity contribution is -0.122. The standard InChI is InChI=1S/C25H19ClN2O4S/c1-13-15(3)33-25(19(13)12-27)28-24(30)14(2)31-23-21(29)18-6-4-5-7-20(18)32-22(23)16-8-10-17(26)11-9-16/h4-11,14H,1-3H3,(H,28,30). The first kappa shape index (κ1) is 22.6. The average molecular weight is 479 g/mol. The third-order valence-corrected chi connectivity index (χ3v) is 6.63. The van der Waals surface area contributed by atoms with Gasteiger partial charge in [0.05, 0.1) is 10.9 Å². The molecule has 1 N–H and O–H groups in total. The highest BCUT2D eigenvalue weighted by Gasteiger charge is 2.24. The van der Waals surface area contributed by atoms with Crippen LogP contribution in [-0.4, -0.2) is 12.0 Å². The van der Waals surface area contributed by atoms with Crippen LogP contribution in [0.5, 0.6) is 5.75 Å². The summed E-state index contributed by atoms with van der Waals surface area (Å²) < 4.78 is 11.9. The van der Waals surface area contributed by atoms with E-state index in [-0.39, 0.29) is 16.9 Å². The number of fused-ring (bicyclic) bond motifs is 1. The Labute approximate surface area is 199 Å². The van der Waals surface area contributed by atoms with Crippen molar-refractivity contribution in [2.45, 2.75) is 26.9 Å². The molecule has 0 aliphatic carbocycles. The summed E-state index contributed by atoms with van der Waals surface area (Å²) in [5.41, 5.74) is 1.85. The maximum Gasteiger partial charge on any atom is 0.265 e. The minimum absolute atomic E-state index is 0.0716. The van der Waals surface area contributed by atoms with E-state index in [9.17, 15) is 14.9 Å². The molecule has 1 unspecified atom stereocenters. The van der Waals surface area contributed by atoms with Crippen LogP contribution < -0.4 is 15.5 Å². The molecule has 2 aromatic carbocycles. The third-order valence-electron chi connectivity index (χ3n) is 5.26. The Bertz CT molecular complexity index is 1470. The Hall–Kier alpha value is -3.60. The number of nitriles is 1. The van der Waals surface area contributed by atoms with Crippen molar-refractivity contribution >= 4 is 44.8 Å². The third kappa shape index (κ3) is 4.36. The van der Waals surface area contributed by atoms with Gasteiger partial charge in [0.2, 0.25) is 11.2 Å². The molecule has 0 saturated heterocycles. The SMILES string of the molecule is Cc1sc(NC(=O)C(C)Oc2c(-c3ccc(Cl)cc3)oc3ccccc3c2=O)c(C#N)c1C. The Morgan fingerprint density at radius 3 is 2.58 bits per heavy atom. The number of halogens is 1. The van der Waals surface area contributed by atoms with Gasteiger partial charge in [-0.3, -0.25) is 9.59 Å². The summed E-state index contributed by atoms with van der Waals surface area (Å²) >= 11 is 7.33. The summed E-state index contributed by atoms with van der Waals surface area (Å²) in [4.78, 5) is 27.1. The summed E-state index contributed by atoms with van der Waals surface area (Å²) in [7, 11) is 0. The molecule has 0 bridgehead atoms. The lowest BCUT2D eigenvalue weighted by Gasteiger charge is -2.16. The number of aryl methyl sites for hydroxylation is 1. The van der Waals surface area contributed by atoms with E-state index in [1.54, 1.807) is 48.5 Å². The minimum atomic E-state index is -1.03. The summed E-state index contributed by atoms with van der Waals surface area (Å²) in [6.45, 7) is 5.25. The van der Waals surface area contributed by atoms with Gasteiger partial charge in [-0.1, -0.05) is 23.7 Å². The zero-order chi connectivity index (χ0) is 23.7.